The molecular weight excluding hydrogens is 271 g/mol. The summed E-state index contributed by atoms with van der Waals surface area (Å²) in [6.45, 7) is 1.88. The molecule has 61 valence electrons. The Balaban J connectivity index is 0. The molecule has 1 unspecified atom stereocenters. The Morgan fingerprint density at radius 2 is 1.46 bits per heavy atom. The third kappa shape index (κ3) is 4.74. The quantitative estimate of drug-likeness (QED) is 0.413. The maximum absolute atomic E-state index is 5.26. The van der Waals surface area contributed by atoms with Crippen LogP contribution in [-0.2, 0) is 32.7 Å². The second kappa shape index (κ2) is 8.66. The molecule has 0 bridgehead atoms. The summed E-state index contributed by atoms with van der Waals surface area (Å²) < 4.78 is 0. The molecule has 0 spiro atoms. The molecule has 0 aromatic carbocycles. The maximum atomic E-state index is 5.26. The molecule has 0 rings (SSSR count). The van der Waals surface area contributed by atoms with Gasteiger partial charge in [0.05, 0.1) is 0 Å². The Morgan fingerprint density at radius 1 is 1.00 bits per heavy atom. The predicted octanol–water partition coefficient (Wildman–Crippen LogP) is 2.47. The second-order valence-corrected chi connectivity index (χ2v) is 5.56. The molecule has 0 aliphatic carbocycles. The molecule has 3 heteroatoms. The van der Waals surface area contributed by atoms with Gasteiger partial charge in [0.2, 0.25) is 0 Å². The van der Waals surface area contributed by atoms with Gasteiger partial charge < -0.3 is 6.42 Å². The first-order valence-corrected chi connectivity index (χ1v) is 6.10. The van der Waals surface area contributed by atoms with E-state index in [9.17, 15) is 0 Å². The molecule has 0 aromatic rings. The fourth-order valence-electron chi connectivity index (χ4n) is 0.532. The van der Waals surface area contributed by atoms with Gasteiger partial charge in [0.15, 0.2) is 0 Å². The van der Waals surface area contributed by atoms with Gasteiger partial charge in [0, 0.05) is 40.6 Å². The van der Waals surface area contributed by atoms with Crippen molar-refractivity contribution in [1.82, 2.24) is 0 Å². The van der Waals surface area contributed by atoms with Gasteiger partial charge in [-0.3, -0.25) is 5.92 Å². The molecule has 0 aliphatic rings. The standard InChI is InChI=1S/C10H7P2.Y/c1-6-10(11(5)7-2)12(8-3)9-4;/h1-4H,5H3;/q-1;. The van der Waals surface area contributed by atoms with Crippen molar-refractivity contribution >= 4 is 15.8 Å². The van der Waals surface area contributed by atoms with E-state index < -0.39 is 15.8 Å². The number of hydrogen-bond acceptors (Lipinski definition) is 0. The normalized spacial score (nSPS) is 9.38. The molecular formula is C10H7P2Y-. The van der Waals surface area contributed by atoms with Gasteiger partial charge in [0.25, 0.3) is 0 Å². The van der Waals surface area contributed by atoms with Crippen molar-refractivity contribution in [3.8, 4) is 48.6 Å². The average molecular weight is 278 g/mol. The fraction of sp³-hybridized carbons (Fsp3) is 0.100. The van der Waals surface area contributed by atoms with Crippen LogP contribution in [0.5, 0.6) is 0 Å². The van der Waals surface area contributed by atoms with E-state index in [-0.39, 0.29) is 32.7 Å². The van der Waals surface area contributed by atoms with Crippen molar-refractivity contribution < 1.29 is 32.7 Å². The van der Waals surface area contributed by atoms with Crippen LogP contribution >= 0.6 is 15.8 Å². The van der Waals surface area contributed by atoms with E-state index in [2.05, 4.69) is 22.9 Å². The Bertz CT molecular complexity index is 294. The molecule has 0 saturated carbocycles. The SMILES string of the molecule is C#C[C-](P(C)C#C)P(C#C)C#C.[Y]. The van der Waals surface area contributed by atoms with Crippen molar-refractivity contribution in [2.24, 2.45) is 0 Å². The summed E-state index contributed by atoms with van der Waals surface area (Å²) in [6.07, 6.45) is 20.9. The van der Waals surface area contributed by atoms with E-state index in [0.29, 0.717) is 0 Å². The minimum atomic E-state index is -1.04. The van der Waals surface area contributed by atoms with Gasteiger partial charge in [-0.2, -0.15) is 0 Å². The summed E-state index contributed by atoms with van der Waals surface area (Å²) in [5.41, 5.74) is 7.55. The molecule has 0 aromatic heterocycles. The van der Waals surface area contributed by atoms with Crippen LogP contribution in [0.25, 0.3) is 0 Å². The number of hydrogen-bond donors (Lipinski definition) is 0. The van der Waals surface area contributed by atoms with Crippen molar-refractivity contribution in [2.75, 3.05) is 6.66 Å². The molecule has 13 heavy (non-hydrogen) atoms. The molecule has 0 fully saturated rings. The van der Waals surface area contributed by atoms with Gasteiger partial charge in [-0.25, -0.2) is 0 Å². The average Bonchev–Trinajstić information content (AvgIpc) is 2.12. The Labute approximate surface area is 108 Å². The van der Waals surface area contributed by atoms with Gasteiger partial charge in [-0.1, -0.05) is 30.3 Å². The summed E-state index contributed by atoms with van der Waals surface area (Å²) in [5.74, 6) is 2.50. The largest absolute Gasteiger partial charge is 0.344 e. The van der Waals surface area contributed by atoms with Crippen LogP contribution < -0.4 is 0 Å². The van der Waals surface area contributed by atoms with E-state index >= 15 is 0 Å². The van der Waals surface area contributed by atoms with Crippen LogP contribution in [-0.4, -0.2) is 6.66 Å². The maximum Gasteiger partial charge on any atom is 0.00536 e. The molecule has 1 atom stereocenters. The Morgan fingerprint density at radius 3 is 1.69 bits per heavy atom. The first-order valence-electron chi connectivity index (χ1n) is 2.97. The van der Waals surface area contributed by atoms with E-state index in [4.69, 9.17) is 25.7 Å². The van der Waals surface area contributed by atoms with Gasteiger partial charge in [-0.05, 0) is 6.66 Å². The van der Waals surface area contributed by atoms with E-state index in [1.165, 1.54) is 0 Å². The Hall–Kier alpha value is 0.0739. The van der Waals surface area contributed by atoms with Crippen LogP contribution in [0.15, 0.2) is 0 Å². The van der Waals surface area contributed by atoms with Crippen molar-refractivity contribution in [1.29, 1.82) is 0 Å². The van der Waals surface area contributed by atoms with Gasteiger partial charge in [0.1, 0.15) is 0 Å². The zero-order valence-corrected chi connectivity index (χ0v) is 11.9. The predicted molar refractivity (Wildman–Crippen MR) is 58.3 cm³/mol. The van der Waals surface area contributed by atoms with Crippen LogP contribution in [0.2, 0.25) is 0 Å². The van der Waals surface area contributed by atoms with Crippen LogP contribution in [0.4, 0.5) is 0 Å². The van der Waals surface area contributed by atoms with Gasteiger partial charge >= 0.3 is 0 Å². The fourth-order valence-corrected chi connectivity index (χ4v) is 3.02. The van der Waals surface area contributed by atoms with Crippen molar-refractivity contribution in [3.05, 3.63) is 5.40 Å². The van der Waals surface area contributed by atoms with E-state index in [1.807, 2.05) is 6.66 Å². The van der Waals surface area contributed by atoms with Crippen LogP contribution in [0, 0.1) is 54.0 Å². The van der Waals surface area contributed by atoms with Crippen molar-refractivity contribution in [3.63, 3.8) is 0 Å². The third-order valence-corrected chi connectivity index (χ3v) is 4.83. The first-order chi connectivity index (χ1) is 5.71. The Kier molecular flexibility index (Phi) is 10.4. The van der Waals surface area contributed by atoms with Crippen LogP contribution in [0.3, 0.4) is 0 Å². The number of rotatable bonds is 2. The topological polar surface area (TPSA) is 0 Å². The minimum Gasteiger partial charge on any atom is -0.344 e. The molecule has 0 nitrogen and oxygen atoms in total. The third-order valence-electron chi connectivity index (χ3n) is 1.11. The molecule has 0 aliphatic heterocycles. The summed E-state index contributed by atoms with van der Waals surface area (Å²) in [4.78, 5) is 0. The molecule has 0 saturated heterocycles. The molecule has 0 amide bonds. The second-order valence-electron chi connectivity index (χ2n) is 1.75. The zero-order chi connectivity index (χ0) is 9.56. The monoisotopic (exact) mass is 278 g/mol. The first kappa shape index (κ1) is 15.5. The minimum absolute atomic E-state index is 0. The molecule has 1 radical (unpaired) electrons. The van der Waals surface area contributed by atoms with E-state index in [0.717, 1.165) is 5.40 Å². The smallest absolute Gasteiger partial charge is 0.00536 e. The summed E-state index contributed by atoms with van der Waals surface area (Å²) in [5, 5.41) is 0.743. The molecule has 0 N–H and O–H groups in total. The summed E-state index contributed by atoms with van der Waals surface area (Å²) in [7, 11) is -1.78. The summed E-state index contributed by atoms with van der Waals surface area (Å²) >= 11 is 0. The zero-order valence-electron chi connectivity index (χ0n) is 7.28. The van der Waals surface area contributed by atoms with Crippen molar-refractivity contribution in [2.45, 2.75) is 0 Å². The van der Waals surface area contributed by atoms with Crippen LogP contribution in [0.1, 0.15) is 0 Å². The van der Waals surface area contributed by atoms with Gasteiger partial charge in [-0.15, -0.1) is 19.3 Å². The summed E-state index contributed by atoms with van der Waals surface area (Å²) in [6, 6.07) is 0. The van der Waals surface area contributed by atoms with E-state index in [1.54, 1.807) is 0 Å². The number of terminal acetylenes is 4. The molecule has 0 heterocycles.